The van der Waals surface area contributed by atoms with Gasteiger partial charge in [0, 0.05) is 5.69 Å². The summed E-state index contributed by atoms with van der Waals surface area (Å²) >= 11 is 6.60. The van der Waals surface area contributed by atoms with Gasteiger partial charge in [-0.05, 0) is 42.3 Å². The van der Waals surface area contributed by atoms with E-state index in [9.17, 15) is 9.90 Å². The highest BCUT2D eigenvalue weighted by Gasteiger charge is 2.13. The zero-order chi connectivity index (χ0) is 12.4. The van der Waals surface area contributed by atoms with Gasteiger partial charge in [0.2, 0.25) is 9.47 Å². The fraction of sp³-hybridized carbons (Fsp3) is 0.100. The van der Waals surface area contributed by atoms with Gasteiger partial charge in [0.1, 0.15) is 5.75 Å². The molecule has 1 heterocycles. The van der Waals surface area contributed by atoms with E-state index in [4.69, 9.17) is 11.6 Å². The van der Waals surface area contributed by atoms with Gasteiger partial charge in [-0.2, -0.15) is 0 Å². The Kier molecular flexibility index (Phi) is 3.26. The topological polar surface area (TPSA) is 75.1 Å². The van der Waals surface area contributed by atoms with Crippen molar-refractivity contribution < 1.29 is 9.90 Å². The van der Waals surface area contributed by atoms with Gasteiger partial charge in [-0.1, -0.05) is 11.3 Å². The number of anilines is 1. The molecule has 0 aliphatic carbocycles. The first-order valence-corrected chi connectivity index (χ1v) is 5.85. The Morgan fingerprint density at radius 1 is 1.47 bits per heavy atom. The van der Waals surface area contributed by atoms with Gasteiger partial charge in [0.25, 0.3) is 5.91 Å². The molecule has 0 fully saturated rings. The lowest BCUT2D eigenvalue weighted by atomic mass is 10.2. The minimum absolute atomic E-state index is 0.152. The van der Waals surface area contributed by atoms with Crippen LogP contribution in [-0.2, 0) is 0 Å². The number of hydrogen-bond donors (Lipinski definition) is 2. The lowest BCUT2D eigenvalue weighted by Crippen LogP contribution is -2.12. The number of aromatic hydroxyl groups is 1. The van der Waals surface area contributed by atoms with Crippen LogP contribution >= 0.6 is 22.9 Å². The number of nitrogens with one attached hydrogen (secondary N) is 1. The van der Waals surface area contributed by atoms with Crippen LogP contribution in [0, 0.1) is 6.92 Å². The minimum Gasteiger partial charge on any atom is -0.508 e. The smallest absolute Gasteiger partial charge is 0.286 e. The minimum atomic E-state index is -0.372. The van der Waals surface area contributed by atoms with Crippen LogP contribution in [0.2, 0.25) is 4.47 Å². The first-order chi connectivity index (χ1) is 8.06. The molecule has 0 aliphatic rings. The summed E-state index contributed by atoms with van der Waals surface area (Å²) in [7, 11) is 0. The van der Waals surface area contributed by atoms with E-state index in [2.05, 4.69) is 15.5 Å². The summed E-state index contributed by atoms with van der Waals surface area (Å²) in [5.41, 5.74) is 1.37. The number of aromatic nitrogens is 2. The van der Waals surface area contributed by atoms with Crippen molar-refractivity contribution in [2.45, 2.75) is 6.92 Å². The van der Waals surface area contributed by atoms with E-state index < -0.39 is 0 Å². The van der Waals surface area contributed by atoms with Crippen LogP contribution in [0.4, 0.5) is 5.69 Å². The predicted octanol–water partition coefficient (Wildman–Crippen LogP) is 2.46. The second-order valence-corrected chi connectivity index (χ2v) is 4.87. The summed E-state index contributed by atoms with van der Waals surface area (Å²) in [4.78, 5) is 11.7. The zero-order valence-corrected chi connectivity index (χ0v) is 10.3. The third-order valence-corrected chi connectivity index (χ3v) is 3.07. The molecular weight excluding hydrogens is 262 g/mol. The molecule has 2 aromatic rings. The third-order valence-electron chi connectivity index (χ3n) is 2.05. The number of aryl methyl sites for hydroxylation is 1. The van der Waals surface area contributed by atoms with Crippen molar-refractivity contribution in [3.8, 4) is 5.75 Å². The molecule has 0 radical (unpaired) electrons. The lowest BCUT2D eigenvalue weighted by molar-refractivity contribution is 0.102. The molecular formula is C10H8ClN3O2S. The Labute approximate surface area is 106 Å². The highest BCUT2D eigenvalue weighted by Crippen LogP contribution is 2.22. The number of phenolic OH excluding ortho intramolecular Hbond substituents is 1. The molecule has 0 unspecified atom stereocenters. The van der Waals surface area contributed by atoms with Crippen molar-refractivity contribution in [1.29, 1.82) is 0 Å². The lowest BCUT2D eigenvalue weighted by Gasteiger charge is -2.06. The summed E-state index contributed by atoms with van der Waals surface area (Å²) in [5.74, 6) is -0.220. The van der Waals surface area contributed by atoms with Gasteiger partial charge >= 0.3 is 0 Å². The molecule has 17 heavy (non-hydrogen) atoms. The first-order valence-electron chi connectivity index (χ1n) is 4.66. The van der Waals surface area contributed by atoms with Gasteiger partial charge in [0.15, 0.2) is 0 Å². The fourth-order valence-corrected chi connectivity index (χ4v) is 1.98. The first kappa shape index (κ1) is 11.8. The molecule has 1 aromatic heterocycles. The maximum Gasteiger partial charge on any atom is 0.286 e. The molecule has 88 valence electrons. The number of phenols is 1. The second-order valence-electron chi connectivity index (χ2n) is 3.31. The van der Waals surface area contributed by atoms with Crippen LogP contribution in [0.15, 0.2) is 18.2 Å². The fourth-order valence-electron chi connectivity index (χ4n) is 1.26. The molecule has 7 heteroatoms. The van der Waals surface area contributed by atoms with Crippen molar-refractivity contribution in [2.75, 3.05) is 5.32 Å². The molecule has 0 spiro atoms. The van der Waals surface area contributed by atoms with Crippen molar-refractivity contribution in [3.63, 3.8) is 0 Å². The summed E-state index contributed by atoms with van der Waals surface area (Å²) < 4.78 is 0.220. The Morgan fingerprint density at radius 2 is 2.24 bits per heavy atom. The van der Waals surface area contributed by atoms with Crippen LogP contribution in [0.25, 0.3) is 0 Å². The normalized spacial score (nSPS) is 10.2. The van der Waals surface area contributed by atoms with Crippen LogP contribution in [0.3, 0.4) is 0 Å². The highest BCUT2D eigenvalue weighted by molar-refractivity contribution is 7.17. The molecule has 0 saturated heterocycles. The third kappa shape index (κ3) is 2.72. The van der Waals surface area contributed by atoms with Crippen molar-refractivity contribution in [2.24, 2.45) is 0 Å². The average molecular weight is 270 g/mol. The van der Waals surface area contributed by atoms with Crippen LogP contribution in [-0.4, -0.2) is 21.2 Å². The molecule has 0 bridgehead atoms. The van der Waals surface area contributed by atoms with E-state index in [0.29, 0.717) is 5.69 Å². The molecule has 0 aliphatic heterocycles. The maximum absolute atomic E-state index is 11.7. The van der Waals surface area contributed by atoms with Crippen LogP contribution in [0.1, 0.15) is 15.4 Å². The van der Waals surface area contributed by atoms with Crippen molar-refractivity contribution in [3.05, 3.63) is 33.2 Å². The van der Waals surface area contributed by atoms with Gasteiger partial charge < -0.3 is 10.4 Å². The molecule has 0 saturated carbocycles. The summed E-state index contributed by atoms with van der Waals surface area (Å²) in [6.07, 6.45) is 0. The molecule has 2 N–H and O–H groups in total. The Hall–Kier alpha value is -1.66. The molecule has 1 amide bonds. The van der Waals surface area contributed by atoms with E-state index in [1.165, 1.54) is 6.07 Å². The summed E-state index contributed by atoms with van der Waals surface area (Å²) in [5, 5.41) is 19.3. The van der Waals surface area contributed by atoms with Gasteiger partial charge in [-0.25, -0.2) is 0 Å². The number of carbonyl (C=O) groups is 1. The number of halogens is 1. The summed E-state index contributed by atoms with van der Waals surface area (Å²) in [6, 6.07) is 4.67. The molecule has 5 nitrogen and oxygen atoms in total. The molecule has 0 atom stereocenters. The maximum atomic E-state index is 11.7. The number of carbonyl (C=O) groups excluding carboxylic acids is 1. The predicted molar refractivity (Wildman–Crippen MR) is 65.7 cm³/mol. The number of amides is 1. The standard InChI is InChI=1S/C10H8ClN3O2S/c1-5-4-6(15)2-3-7(5)12-8(16)9-13-14-10(11)17-9/h2-4,15H,1H3,(H,12,16). The monoisotopic (exact) mass is 269 g/mol. The van der Waals surface area contributed by atoms with Crippen LogP contribution in [0.5, 0.6) is 5.75 Å². The van der Waals surface area contributed by atoms with Gasteiger partial charge in [0.05, 0.1) is 0 Å². The van der Waals surface area contributed by atoms with E-state index in [-0.39, 0.29) is 21.1 Å². The average Bonchev–Trinajstić information content (AvgIpc) is 2.69. The Morgan fingerprint density at radius 3 is 2.82 bits per heavy atom. The van der Waals surface area contributed by atoms with Crippen molar-refractivity contribution in [1.82, 2.24) is 10.2 Å². The Balaban J connectivity index is 2.18. The van der Waals surface area contributed by atoms with E-state index in [0.717, 1.165) is 16.9 Å². The largest absolute Gasteiger partial charge is 0.508 e. The van der Waals surface area contributed by atoms with Gasteiger partial charge in [-0.15, -0.1) is 10.2 Å². The summed E-state index contributed by atoms with van der Waals surface area (Å²) in [6.45, 7) is 1.78. The molecule has 1 aromatic carbocycles. The number of hydrogen-bond acceptors (Lipinski definition) is 5. The number of rotatable bonds is 2. The van der Waals surface area contributed by atoms with E-state index in [1.807, 2.05) is 0 Å². The zero-order valence-electron chi connectivity index (χ0n) is 8.77. The quantitative estimate of drug-likeness (QED) is 0.821. The second kappa shape index (κ2) is 4.68. The highest BCUT2D eigenvalue weighted by atomic mass is 35.5. The van der Waals surface area contributed by atoms with E-state index >= 15 is 0 Å². The Bertz CT molecular complexity index is 570. The van der Waals surface area contributed by atoms with Crippen LogP contribution < -0.4 is 5.32 Å². The number of nitrogens with zero attached hydrogens (tertiary/aromatic N) is 2. The van der Waals surface area contributed by atoms with Crippen molar-refractivity contribution >= 4 is 34.5 Å². The van der Waals surface area contributed by atoms with Gasteiger partial charge in [-0.3, -0.25) is 4.79 Å². The molecule has 2 rings (SSSR count). The van der Waals surface area contributed by atoms with E-state index in [1.54, 1.807) is 19.1 Å². The number of benzene rings is 1. The SMILES string of the molecule is Cc1cc(O)ccc1NC(=O)c1nnc(Cl)s1.